The molecule has 0 rings (SSSR count). The topological polar surface area (TPSA) is 61.5 Å². The summed E-state index contributed by atoms with van der Waals surface area (Å²) in [5, 5.41) is 0. The van der Waals surface area contributed by atoms with E-state index in [4.69, 9.17) is 15.2 Å². The molecule has 0 aliphatic carbocycles. The van der Waals surface area contributed by atoms with Crippen LogP contribution in [0.3, 0.4) is 0 Å². The molecule has 114 valence electrons. The Labute approximate surface area is 118 Å². The van der Waals surface area contributed by atoms with Crippen LogP contribution in [-0.4, -0.2) is 31.3 Å². The van der Waals surface area contributed by atoms with E-state index >= 15 is 0 Å². The van der Waals surface area contributed by atoms with Gasteiger partial charge in [0.25, 0.3) is 0 Å². The molecule has 0 aliphatic heterocycles. The van der Waals surface area contributed by atoms with Crippen LogP contribution >= 0.6 is 0 Å². The van der Waals surface area contributed by atoms with E-state index in [2.05, 4.69) is 13.8 Å². The summed E-state index contributed by atoms with van der Waals surface area (Å²) < 4.78 is 10.6. The Balaban J connectivity index is 3.60. The number of carbonyl (C=O) groups is 1. The van der Waals surface area contributed by atoms with Crippen molar-refractivity contribution in [1.29, 1.82) is 0 Å². The number of carbonyl (C=O) groups excluding carboxylic acids is 1. The predicted octanol–water partition coefficient (Wildman–Crippen LogP) is 2.89. The molecule has 0 radical (unpaired) electrons. The number of ether oxygens (including phenoxy) is 2. The van der Waals surface area contributed by atoms with Gasteiger partial charge in [0.1, 0.15) is 5.54 Å². The molecule has 0 amide bonds. The van der Waals surface area contributed by atoms with Crippen LogP contribution in [-0.2, 0) is 14.3 Å². The Hall–Kier alpha value is -0.610. The van der Waals surface area contributed by atoms with Gasteiger partial charge >= 0.3 is 5.97 Å². The zero-order valence-corrected chi connectivity index (χ0v) is 13.0. The molecule has 0 aromatic rings. The van der Waals surface area contributed by atoms with Crippen LogP contribution in [0.5, 0.6) is 0 Å². The van der Waals surface area contributed by atoms with Crippen molar-refractivity contribution in [1.82, 2.24) is 0 Å². The standard InChI is InChI=1S/C15H31NO3/c1-5-9-13(3)12-18-11-8-7-10-15(4,16)14(17)19-6-2/h13H,5-12,16H2,1-4H3. The number of unbranched alkanes of at least 4 members (excludes halogenated alkanes) is 1. The minimum absolute atomic E-state index is 0.313. The lowest BCUT2D eigenvalue weighted by Crippen LogP contribution is -2.46. The van der Waals surface area contributed by atoms with Crippen molar-refractivity contribution in [2.45, 2.75) is 65.3 Å². The monoisotopic (exact) mass is 273 g/mol. The quantitative estimate of drug-likeness (QED) is 0.464. The first kappa shape index (κ1) is 18.4. The molecular weight excluding hydrogens is 242 g/mol. The van der Waals surface area contributed by atoms with Crippen LogP contribution in [0, 0.1) is 5.92 Å². The Morgan fingerprint density at radius 3 is 2.58 bits per heavy atom. The van der Waals surface area contributed by atoms with Crippen LogP contribution in [0.15, 0.2) is 0 Å². The van der Waals surface area contributed by atoms with E-state index in [-0.39, 0.29) is 5.97 Å². The molecule has 0 aromatic heterocycles. The lowest BCUT2D eigenvalue weighted by molar-refractivity contribution is -0.149. The molecule has 0 saturated heterocycles. The molecule has 0 saturated carbocycles. The van der Waals surface area contributed by atoms with Crippen LogP contribution in [0.1, 0.15) is 59.8 Å². The molecule has 0 fully saturated rings. The zero-order valence-electron chi connectivity index (χ0n) is 13.0. The van der Waals surface area contributed by atoms with Crippen LogP contribution in [0.2, 0.25) is 0 Å². The zero-order chi connectivity index (χ0) is 14.7. The SMILES string of the molecule is CCCC(C)COCCCCC(C)(N)C(=O)OCC. The van der Waals surface area contributed by atoms with Crippen molar-refractivity contribution in [2.24, 2.45) is 11.7 Å². The first-order chi connectivity index (χ1) is 8.94. The molecule has 0 aliphatic rings. The van der Waals surface area contributed by atoms with Crippen molar-refractivity contribution in [3.63, 3.8) is 0 Å². The second kappa shape index (κ2) is 10.2. The molecule has 4 heteroatoms. The highest BCUT2D eigenvalue weighted by Crippen LogP contribution is 2.13. The van der Waals surface area contributed by atoms with Gasteiger partial charge in [0.05, 0.1) is 6.61 Å². The maximum Gasteiger partial charge on any atom is 0.325 e. The molecule has 2 atom stereocenters. The van der Waals surface area contributed by atoms with Gasteiger partial charge in [-0.25, -0.2) is 0 Å². The van der Waals surface area contributed by atoms with E-state index < -0.39 is 5.54 Å². The van der Waals surface area contributed by atoms with E-state index in [9.17, 15) is 4.79 Å². The highest BCUT2D eigenvalue weighted by molar-refractivity contribution is 5.79. The van der Waals surface area contributed by atoms with Gasteiger partial charge in [0, 0.05) is 13.2 Å². The fourth-order valence-corrected chi connectivity index (χ4v) is 1.96. The number of nitrogens with two attached hydrogens (primary N) is 1. The van der Waals surface area contributed by atoms with Gasteiger partial charge in [-0.15, -0.1) is 0 Å². The van der Waals surface area contributed by atoms with Gasteiger partial charge in [-0.2, -0.15) is 0 Å². The lowest BCUT2D eigenvalue weighted by atomic mass is 9.96. The van der Waals surface area contributed by atoms with Gasteiger partial charge in [0.15, 0.2) is 0 Å². The Bertz CT molecular complexity index is 242. The number of hydrogen-bond donors (Lipinski definition) is 1. The molecular formula is C15H31NO3. The number of hydrogen-bond acceptors (Lipinski definition) is 4. The van der Waals surface area contributed by atoms with Gasteiger partial charge in [-0.1, -0.05) is 20.3 Å². The van der Waals surface area contributed by atoms with Crippen molar-refractivity contribution in [3.8, 4) is 0 Å². The normalized spacial score (nSPS) is 15.8. The Kier molecular flexibility index (Phi) is 9.88. The third-order valence-corrected chi connectivity index (χ3v) is 3.16. The second-order valence-corrected chi connectivity index (χ2v) is 5.56. The highest BCUT2D eigenvalue weighted by atomic mass is 16.5. The smallest absolute Gasteiger partial charge is 0.325 e. The first-order valence-corrected chi connectivity index (χ1v) is 7.47. The van der Waals surface area contributed by atoms with E-state index in [0.29, 0.717) is 18.9 Å². The van der Waals surface area contributed by atoms with Crippen LogP contribution in [0.4, 0.5) is 0 Å². The summed E-state index contributed by atoms with van der Waals surface area (Å²) in [6, 6.07) is 0. The third kappa shape index (κ3) is 9.00. The van der Waals surface area contributed by atoms with Crippen molar-refractivity contribution >= 4 is 5.97 Å². The van der Waals surface area contributed by atoms with Crippen LogP contribution in [0.25, 0.3) is 0 Å². The molecule has 0 bridgehead atoms. The molecule has 0 heterocycles. The van der Waals surface area contributed by atoms with E-state index in [1.54, 1.807) is 13.8 Å². The molecule has 4 nitrogen and oxygen atoms in total. The Morgan fingerprint density at radius 1 is 1.32 bits per heavy atom. The summed E-state index contributed by atoms with van der Waals surface area (Å²) in [5.74, 6) is 0.316. The average molecular weight is 273 g/mol. The van der Waals surface area contributed by atoms with Gasteiger partial charge in [-0.3, -0.25) is 4.79 Å². The summed E-state index contributed by atoms with van der Waals surface area (Å²) in [6.45, 7) is 9.87. The number of rotatable bonds is 11. The summed E-state index contributed by atoms with van der Waals surface area (Å²) in [7, 11) is 0. The van der Waals surface area contributed by atoms with E-state index in [0.717, 1.165) is 26.1 Å². The van der Waals surface area contributed by atoms with E-state index in [1.165, 1.54) is 12.8 Å². The summed E-state index contributed by atoms with van der Waals surface area (Å²) in [6.07, 6.45) is 4.87. The maximum atomic E-state index is 11.6. The molecule has 0 spiro atoms. The second-order valence-electron chi connectivity index (χ2n) is 5.56. The third-order valence-electron chi connectivity index (χ3n) is 3.16. The van der Waals surface area contributed by atoms with Crippen LogP contribution < -0.4 is 5.73 Å². The maximum absolute atomic E-state index is 11.6. The fourth-order valence-electron chi connectivity index (χ4n) is 1.96. The highest BCUT2D eigenvalue weighted by Gasteiger charge is 2.28. The largest absolute Gasteiger partial charge is 0.465 e. The summed E-state index contributed by atoms with van der Waals surface area (Å²) >= 11 is 0. The minimum Gasteiger partial charge on any atom is -0.465 e. The fraction of sp³-hybridized carbons (Fsp3) is 0.933. The molecule has 19 heavy (non-hydrogen) atoms. The molecule has 0 aromatic carbocycles. The van der Waals surface area contributed by atoms with Gasteiger partial charge < -0.3 is 15.2 Å². The molecule has 2 unspecified atom stereocenters. The number of esters is 1. The van der Waals surface area contributed by atoms with Gasteiger partial charge in [-0.05, 0) is 45.4 Å². The molecule has 2 N–H and O–H groups in total. The van der Waals surface area contributed by atoms with Crippen molar-refractivity contribution in [2.75, 3.05) is 19.8 Å². The lowest BCUT2D eigenvalue weighted by Gasteiger charge is -2.22. The first-order valence-electron chi connectivity index (χ1n) is 7.47. The summed E-state index contributed by atoms with van der Waals surface area (Å²) in [5.41, 5.74) is 5.06. The van der Waals surface area contributed by atoms with E-state index in [1.807, 2.05) is 0 Å². The average Bonchev–Trinajstić information content (AvgIpc) is 2.34. The summed E-state index contributed by atoms with van der Waals surface area (Å²) in [4.78, 5) is 11.6. The Morgan fingerprint density at radius 2 is 2.00 bits per heavy atom. The predicted molar refractivity (Wildman–Crippen MR) is 78.0 cm³/mol. The minimum atomic E-state index is -0.870. The van der Waals surface area contributed by atoms with Crippen molar-refractivity contribution < 1.29 is 14.3 Å². The van der Waals surface area contributed by atoms with Gasteiger partial charge in [0.2, 0.25) is 0 Å². The van der Waals surface area contributed by atoms with Crippen molar-refractivity contribution in [3.05, 3.63) is 0 Å².